The molecular formula is C16H26N2O2. The van der Waals surface area contributed by atoms with Crippen molar-refractivity contribution < 1.29 is 10.2 Å². The molecule has 1 aliphatic rings. The van der Waals surface area contributed by atoms with Gasteiger partial charge >= 0.3 is 0 Å². The van der Waals surface area contributed by atoms with Crippen LogP contribution in [0, 0.1) is 5.92 Å². The Kier molecular flexibility index (Phi) is 4.89. The molecule has 1 aliphatic heterocycles. The van der Waals surface area contributed by atoms with Crippen LogP contribution >= 0.6 is 0 Å². The van der Waals surface area contributed by atoms with E-state index in [-0.39, 0.29) is 17.5 Å². The van der Waals surface area contributed by atoms with Crippen LogP contribution in [0.5, 0.6) is 11.5 Å². The largest absolute Gasteiger partial charge is 0.508 e. The molecule has 1 fully saturated rings. The number of likely N-dealkylation sites (tertiary alicyclic amines) is 1. The molecule has 3 unspecified atom stereocenters. The predicted octanol–water partition coefficient (Wildman–Crippen LogP) is 2.61. The summed E-state index contributed by atoms with van der Waals surface area (Å²) in [4.78, 5) is 2.39. The molecule has 112 valence electrons. The van der Waals surface area contributed by atoms with Gasteiger partial charge in [0.2, 0.25) is 0 Å². The summed E-state index contributed by atoms with van der Waals surface area (Å²) < 4.78 is 0. The van der Waals surface area contributed by atoms with Gasteiger partial charge in [0.15, 0.2) is 0 Å². The van der Waals surface area contributed by atoms with Crippen molar-refractivity contribution in [3.05, 3.63) is 23.8 Å². The highest BCUT2D eigenvalue weighted by Gasteiger charge is 2.31. The van der Waals surface area contributed by atoms with Gasteiger partial charge in [-0.05, 0) is 38.3 Å². The van der Waals surface area contributed by atoms with Crippen LogP contribution in [0.15, 0.2) is 18.2 Å². The lowest BCUT2D eigenvalue weighted by Gasteiger charge is -2.42. The van der Waals surface area contributed by atoms with Gasteiger partial charge in [0, 0.05) is 30.3 Å². The summed E-state index contributed by atoms with van der Waals surface area (Å²) in [7, 11) is 0. The summed E-state index contributed by atoms with van der Waals surface area (Å²) in [5.74, 6) is 1.02. The summed E-state index contributed by atoms with van der Waals surface area (Å²) in [6.45, 7) is 6.01. The number of hydrogen-bond acceptors (Lipinski definition) is 4. The Morgan fingerprint density at radius 3 is 2.75 bits per heavy atom. The molecular weight excluding hydrogens is 252 g/mol. The van der Waals surface area contributed by atoms with Gasteiger partial charge in [-0.1, -0.05) is 19.4 Å². The first kappa shape index (κ1) is 15.1. The molecule has 2 rings (SSSR count). The first-order valence-electron chi connectivity index (χ1n) is 7.54. The lowest BCUT2D eigenvalue weighted by molar-refractivity contribution is 0.0762. The van der Waals surface area contributed by atoms with Crippen LogP contribution in [-0.2, 0) is 0 Å². The molecule has 1 aromatic rings. The maximum atomic E-state index is 10.0. The number of rotatable bonds is 4. The normalized spacial score (nSPS) is 25.6. The quantitative estimate of drug-likeness (QED) is 0.792. The summed E-state index contributed by atoms with van der Waals surface area (Å²) in [6.07, 6.45) is 3.54. The second kappa shape index (κ2) is 6.46. The molecule has 0 aromatic heterocycles. The van der Waals surface area contributed by atoms with Crippen molar-refractivity contribution in [1.29, 1.82) is 0 Å². The minimum atomic E-state index is 0.0958. The van der Waals surface area contributed by atoms with Crippen LogP contribution in [0.4, 0.5) is 0 Å². The van der Waals surface area contributed by atoms with Crippen LogP contribution in [0.25, 0.3) is 0 Å². The van der Waals surface area contributed by atoms with Gasteiger partial charge in [0.05, 0.1) is 0 Å². The molecule has 3 atom stereocenters. The zero-order valence-electron chi connectivity index (χ0n) is 12.4. The lowest BCUT2D eigenvalue weighted by atomic mass is 9.87. The number of phenols is 2. The van der Waals surface area contributed by atoms with E-state index >= 15 is 0 Å². The Labute approximate surface area is 121 Å². The van der Waals surface area contributed by atoms with Gasteiger partial charge in [0.1, 0.15) is 11.5 Å². The fourth-order valence-corrected chi connectivity index (χ4v) is 3.33. The molecule has 1 heterocycles. The highest BCUT2D eigenvalue weighted by molar-refractivity contribution is 5.40. The minimum Gasteiger partial charge on any atom is -0.508 e. The number of aromatic hydroxyl groups is 2. The van der Waals surface area contributed by atoms with E-state index in [1.165, 1.54) is 18.9 Å². The summed E-state index contributed by atoms with van der Waals surface area (Å²) in [5, 5.41) is 19.4. The van der Waals surface area contributed by atoms with Crippen molar-refractivity contribution in [3.8, 4) is 11.5 Å². The molecule has 20 heavy (non-hydrogen) atoms. The average Bonchev–Trinajstić information content (AvgIpc) is 2.46. The van der Waals surface area contributed by atoms with E-state index in [9.17, 15) is 10.2 Å². The van der Waals surface area contributed by atoms with Gasteiger partial charge in [-0.15, -0.1) is 0 Å². The SMILES string of the molecule is CCC1CCN(C(C)c2ccc(O)cc2O)C(CN)C1. The summed E-state index contributed by atoms with van der Waals surface area (Å²) in [6, 6.07) is 5.32. The lowest BCUT2D eigenvalue weighted by Crippen LogP contribution is -2.47. The van der Waals surface area contributed by atoms with E-state index < -0.39 is 0 Å². The highest BCUT2D eigenvalue weighted by atomic mass is 16.3. The van der Waals surface area contributed by atoms with Crippen LogP contribution in [0.2, 0.25) is 0 Å². The smallest absolute Gasteiger partial charge is 0.124 e. The minimum absolute atomic E-state index is 0.0958. The van der Waals surface area contributed by atoms with Crippen molar-refractivity contribution in [2.45, 2.75) is 45.2 Å². The molecule has 0 amide bonds. The van der Waals surface area contributed by atoms with Gasteiger partial charge in [-0.25, -0.2) is 0 Å². The summed E-state index contributed by atoms with van der Waals surface area (Å²) in [5.41, 5.74) is 6.80. The molecule has 0 aliphatic carbocycles. The van der Waals surface area contributed by atoms with Crippen molar-refractivity contribution in [1.82, 2.24) is 4.90 Å². The van der Waals surface area contributed by atoms with Crippen molar-refractivity contribution in [3.63, 3.8) is 0 Å². The molecule has 4 heteroatoms. The third kappa shape index (κ3) is 3.07. The maximum Gasteiger partial charge on any atom is 0.124 e. The van der Waals surface area contributed by atoms with Gasteiger partial charge in [-0.2, -0.15) is 0 Å². The van der Waals surface area contributed by atoms with Crippen molar-refractivity contribution in [2.75, 3.05) is 13.1 Å². The Morgan fingerprint density at radius 1 is 1.40 bits per heavy atom. The monoisotopic (exact) mass is 278 g/mol. The third-order valence-electron chi connectivity index (χ3n) is 4.68. The van der Waals surface area contributed by atoms with E-state index in [0.29, 0.717) is 12.6 Å². The van der Waals surface area contributed by atoms with E-state index in [0.717, 1.165) is 24.4 Å². The number of nitrogens with two attached hydrogens (primary N) is 1. The molecule has 1 aromatic carbocycles. The Balaban J connectivity index is 2.17. The number of phenolic OH excluding ortho intramolecular Hbond substituents is 2. The maximum absolute atomic E-state index is 10.0. The number of nitrogens with zero attached hydrogens (tertiary/aromatic N) is 1. The second-order valence-electron chi connectivity index (χ2n) is 5.85. The first-order chi connectivity index (χ1) is 9.56. The van der Waals surface area contributed by atoms with Crippen LogP contribution in [0.3, 0.4) is 0 Å². The molecule has 1 saturated heterocycles. The molecule has 4 N–H and O–H groups in total. The average molecular weight is 278 g/mol. The van der Waals surface area contributed by atoms with Crippen molar-refractivity contribution in [2.24, 2.45) is 11.7 Å². The molecule has 0 spiro atoms. The van der Waals surface area contributed by atoms with Crippen LogP contribution in [0.1, 0.15) is 44.7 Å². The predicted molar refractivity (Wildman–Crippen MR) is 80.8 cm³/mol. The van der Waals surface area contributed by atoms with Crippen LogP contribution < -0.4 is 5.73 Å². The van der Waals surface area contributed by atoms with E-state index in [1.807, 2.05) is 0 Å². The van der Waals surface area contributed by atoms with Gasteiger partial charge in [0.25, 0.3) is 0 Å². The van der Waals surface area contributed by atoms with Crippen LogP contribution in [-0.4, -0.2) is 34.2 Å². The highest BCUT2D eigenvalue weighted by Crippen LogP contribution is 2.36. The van der Waals surface area contributed by atoms with E-state index in [4.69, 9.17) is 5.73 Å². The molecule has 0 bridgehead atoms. The standard InChI is InChI=1S/C16H26N2O2/c1-3-12-6-7-18(13(8-12)10-17)11(2)15-5-4-14(19)9-16(15)20/h4-5,9,11-13,19-20H,3,6-8,10,17H2,1-2H3. The third-order valence-corrected chi connectivity index (χ3v) is 4.68. The second-order valence-corrected chi connectivity index (χ2v) is 5.85. The zero-order valence-corrected chi connectivity index (χ0v) is 12.4. The Bertz CT molecular complexity index is 450. The fourth-order valence-electron chi connectivity index (χ4n) is 3.33. The number of hydrogen-bond donors (Lipinski definition) is 3. The molecule has 0 radical (unpaired) electrons. The molecule has 4 nitrogen and oxygen atoms in total. The Hall–Kier alpha value is -1.26. The fraction of sp³-hybridized carbons (Fsp3) is 0.625. The summed E-state index contributed by atoms with van der Waals surface area (Å²) >= 11 is 0. The van der Waals surface area contributed by atoms with Gasteiger partial charge < -0.3 is 15.9 Å². The Morgan fingerprint density at radius 2 is 2.15 bits per heavy atom. The van der Waals surface area contributed by atoms with E-state index in [2.05, 4.69) is 18.7 Å². The number of piperidine rings is 1. The van der Waals surface area contributed by atoms with Crippen molar-refractivity contribution >= 4 is 0 Å². The zero-order chi connectivity index (χ0) is 14.7. The van der Waals surface area contributed by atoms with E-state index in [1.54, 1.807) is 12.1 Å². The molecule has 0 saturated carbocycles. The topological polar surface area (TPSA) is 69.7 Å². The van der Waals surface area contributed by atoms with Gasteiger partial charge in [-0.3, -0.25) is 4.90 Å². The number of benzene rings is 1. The first-order valence-corrected chi connectivity index (χ1v) is 7.54.